The molecule has 0 fully saturated rings. The van der Waals surface area contributed by atoms with Crippen LogP contribution in [0.15, 0.2) is 18.2 Å². The van der Waals surface area contributed by atoms with Crippen LogP contribution in [0.4, 0.5) is 11.4 Å². The molecule has 0 aliphatic carbocycles. The Hall–Kier alpha value is -1.41. The lowest BCUT2D eigenvalue weighted by Gasteiger charge is -2.25. The number of aliphatic hydroxyl groups is 2. The number of nitrogens with zero attached hydrogens (tertiary/aromatic N) is 2. The van der Waals surface area contributed by atoms with Gasteiger partial charge in [-0.05, 0) is 24.5 Å². The number of aryl methyl sites for hydroxylation is 1. The molecule has 7 nitrogen and oxygen atoms in total. The number of hydrazine groups is 1. The molecule has 0 amide bonds. The highest BCUT2D eigenvalue weighted by Crippen LogP contribution is 2.28. The largest absolute Gasteiger partial charge is 0.396 e. The second-order valence-electron chi connectivity index (χ2n) is 4.29. The van der Waals surface area contributed by atoms with Gasteiger partial charge in [0.1, 0.15) is 5.69 Å². The Morgan fingerprint density at radius 2 is 2.05 bits per heavy atom. The monoisotopic (exact) mass is 319 g/mol. The number of nitrogens with one attached hydrogen (secondary N) is 1. The van der Waals surface area contributed by atoms with Crippen LogP contribution in [-0.2, 0) is 6.42 Å². The molecule has 1 aromatic rings. The molecule has 0 spiro atoms. The van der Waals surface area contributed by atoms with Crippen molar-refractivity contribution in [1.82, 2.24) is 5.43 Å². The maximum absolute atomic E-state index is 11.2. The molecule has 0 heterocycles. The zero-order valence-corrected chi connectivity index (χ0v) is 12.8. The molecule has 0 radical (unpaired) electrons. The van der Waals surface area contributed by atoms with Crippen LogP contribution in [0, 0.1) is 10.1 Å². The number of nitro benzene ring substituents is 1. The Bertz CT molecular complexity index is 437. The van der Waals surface area contributed by atoms with E-state index < -0.39 is 4.92 Å². The molecule has 3 N–H and O–H groups in total. The van der Waals surface area contributed by atoms with Gasteiger partial charge in [0.05, 0.1) is 11.5 Å². The number of hydrogen-bond donors (Lipinski definition) is 3. The average molecular weight is 320 g/mol. The summed E-state index contributed by atoms with van der Waals surface area (Å²) in [5.74, 6) is 0. The topological polar surface area (TPSA) is 98.9 Å². The molecule has 0 aromatic heterocycles. The number of aliphatic hydroxyl groups excluding tert-OH is 2. The Balaban J connectivity index is 0.00000400. The minimum atomic E-state index is -0.416. The van der Waals surface area contributed by atoms with E-state index in [1.807, 2.05) is 13.0 Å². The van der Waals surface area contributed by atoms with E-state index in [9.17, 15) is 10.1 Å². The number of anilines is 1. The van der Waals surface area contributed by atoms with Gasteiger partial charge < -0.3 is 15.2 Å². The van der Waals surface area contributed by atoms with Gasteiger partial charge in [-0.3, -0.25) is 10.1 Å². The fourth-order valence-electron chi connectivity index (χ4n) is 1.86. The standard InChI is InChI=1S/C13H21N3O4.ClH/c1-2-11-4-5-12(13(10-11)16(19)20)15(7-3-8-17)14-6-9-18;/h4-5,10,14,17-18H,2-3,6-9H2,1H3;1H. The van der Waals surface area contributed by atoms with Gasteiger partial charge in [0, 0.05) is 25.8 Å². The van der Waals surface area contributed by atoms with Gasteiger partial charge in [-0.25, -0.2) is 5.43 Å². The maximum Gasteiger partial charge on any atom is 0.294 e. The van der Waals surface area contributed by atoms with Gasteiger partial charge in [0.25, 0.3) is 5.69 Å². The lowest BCUT2D eigenvalue weighted by Crippen LogP contribution is -2.41. The molecule has 8 heteroatoms. The summed E-state index contributed by atoms with van der Waals surface area (Å²) in [6.45, 7) is 2.57. The van der Waals surface area contributed by atoms with Crippen LogP contribution in [0.1, 0.15) is 18.9 Å². The van der Waals surface area contributed by atoms with Crippen LogP contribution >= 0.6 is 12.4 Å². The third-order valence-electron chi connectivity index (χ3n) is 2.89. The molecule has 0 saturated carbocycles. The summed E-state index contributed by atoms with van der Waals surface area (Å²) in [5, 5.41) is 30.6. The first-order valence-electron chi connectivity index (χ1n) is 6.64. The number of benzene rings is 1. The van der Waals surface area contributed by atoms with Crippen molar-refractivity contribution in [3.63, 3.8) is 0 Å². The molecule has 120 valence electrons. The lowest BCUT2D eigenvalue weighted by atomic mass is 10.1. The van der Waals surface area contributed by atoms with Crippen molar-refractivity contribution in [2.75, 3.05) is 31.3 Å². The average Bonchev–Trinajstić information content (AvgIpc) is 2.47. The lowest BCUT2D eigenvalue weighted by molar-refractivity contribution is -0.384. The van der Waals surface area contributed by atoms with Gasteiger partial charge in [-0.15, -0.1) is 12.4 Å². The minimum Gasteiger partial charge on any atom is -0.396 e. The Labute approximate surface area is 130 Å². The Kier molecular flexibility index (Phi) is 9.64. The molecule has 21 heavy (non-hydrogen) atoms. The van der Waals surface area contributed by atoms with Crippen LogP contribution in [0.3, 0.4) is 0 Å². The fourth-order valence-corrected chi connectivity index (χ4v) is 1.86. The van der Waals surface area contributed by atoms with Crippen molar-refractivity contribution < 1.29 is 15.1 Å². The van der Waals surface area contributed by atoms with Crippen molar-refractivity contribution in [3.05, 3.63) is 33.9 Å². The van der Waals surface area contributed by atoms with Crippen molar-refractivity contribution in [2.24, 2.45) is 0 Å². The van der Waals surface area contributed by atoms with E-state index in [-0.39, 0.29) is 37.9 Å². The first kappa shape index (κ1) is 19.6. The van der Waals surface area contributed by atoms with E-state index in [1.54, 1.807) is 17.1 Å². The highest BCUT2D eigenvalue weighted by molar-refractivity contribution is 5.85. The summed E-state index contributed by atoms with van der Waals surface area (Å²) < 4.78 is 0. The fraction of sp³-hybridized carbons (Fsp3) is 0.538. The van der Waals surface area contributed by atoms with Crippen LogP contribution in [0.5, 0.6) is 0 Å². The summed E-state index contributed by atoms with van der Waals surface area (Å²) in [5.41, 5.74) is 4.27. The summed E-state index contributed by atoms with van der Waals surface area (Å²) in [7, 11) is 0. The number of rotatable bonds is 9. The number of hydrogen-bond acceptors (Lipinski definition) is 6. The normalized spacial score (nSPS) is 10.0. The molecule has 0 aliphatic heterocycles. The Morgan fingerprint density at radius 3 is 2.57 bits per heavy atom. The summed E-state index contributed by atoms with van der Waals surface area (Å²) >= 11 is 0. The zero-order chi connectivity index (χ0) is 15.0. The molecular weight excluding hydrogens is 298 g/mol. The first-order chi connectivity index (χ1) is 9.63. The maximum atomic E-state index is 11.2. The second-order valence-corrected chi connectivity index (χ2v) is 4.29. The van der Waals surface area contributed by atoms with Gasteiger partial charge >= 0.3 is 0 Å². The van der Waals surface area contributed by atoms with E-state index in [2.05, 4.69) is 5.43 Å². The van der Waals surface area contributed by atoms with Gasteiger partial charge in [-0.2, -0.15) is 0 Å². The molecule has 1 aromatic carbocycles. The predicted molar refractivity (Wildman–Crippen MR) is 83.9 cm³/mol. The summed E-state index contributed by atoms with van der Waals surface area (Å²) in [6.07, 6.45) is 1.20. The highest BCUT2D eigenvalue weighted by atomic mass is 35.5. The quantitative estimate of drug-likeness (QED) is 0.468. The van der Waals surface area contributed by atoms with Crippen LogP contribution in [0.25, 0.3) is 0 Å². The van der Waals surface area contributed by atoms with Crippen LogP contribution < -0.4 is 10.4 Å². The number of nitro groups is 1. The second kappa shape index (κ2) is 10.3. The highest BCUT2D eigenvalue weighted by Gasteiger charge is 2.19. The SMILES string of the molecule is CCc1ccc(N(CCCO)NCCO)c([N+](=O)[O-])c1.Cl. The van der Waals surface area contributed by atoms with E-state index >= 15 is 0 Å². The summed E-state index contributed by atoms with van der Waals surface area (Å²) in [6, 6.07) is 5.09. The van der Waals surface area contributed by atoms with E-state index in [1.165, 1.54) is 0 Å². The van der Waals surface area contributed by atoms with Gasteiger partial charge in [0.15, 0.2) is 0 Å². The zero-order valence-electron chi connectivity index (χ0n) is 12.0. The van der Waals surface area contributed by atoms with Crippen LogP contribution in [-0.4, -0.2) is 41.4 Å². The van der Waals surface area contributed by atoms with E-state index in [0.29, 0.717) is 18.7 Å². The predicted octanol–water partition coefficient (Wildman–Crippen LogP) is 1.26. The first-order valence-corrected chi connectivity index (χ1v) is 6.64. The van der Waals surface area contributed by atoms with Crippen molar-refractivity contribution in [3.8, 4) is 0 Å². The third kappa shape index (κ3) is 5.84. The van der Waals surface area contributed by atoms with E-state index in [4.69, 9.17) is 10.2 Å². The minimum absolute atomic E-state index is 0. The number of halogens is 1. The smallest absolute Gasteiger partial charge is 0.294 e. The molecule has 0 saturated heterocycles. The third-order valence-corrected chi connectivity index (χ3v) is 2.89. The van der Waals surface area contributed by atoms with Gasteiger partial charge in [-0.1, -0.05) is 13.0 Å². The molecule has 0 aliphatic rings. The molecule has 1 rings (SSSR count). The summed E-state index contributed by atoms with van der Waals surface area (Å²) in [4.78, 5) is 10.8. The molecule has 0 unspecified atom stereocenters. The molecule has 0 atom stereocenters. The molecular formula is C13H22ClN3O4. The van der Waals surface area contributed by atoms with Crippen molar-refractivity contribution >= 4 is 23.8 Å². The molecule has 0 bridgehead atoms. The van der Waals surface area contributed by atoms with Crippen molar-refractivity contribution in [2.45, 2.75) is 19.8 Å². The van der Waals surface area contributed by atoms with Gasteiger partial charge in [0.2, 0.25) is 0 Å². The van der Waals surface area contributed by atoms with Crippen molar-refractivity contribution in [1.29, 1.82) is 0 Å². The Morgan fingerprint density at radius 1 is 1.33 bits per heavy atom. The van der Waals surface area contributed by atoms with Crippen LogP contribution in [0.2, 0.25) is 0 Å². The van der Waals surface area contributed by atoms with E-state index in [0.717, 1.165) is 12.0 Å².